The van der Waals surface area contributed by atoms with Crippen molar-refractivity contribution >= 4 is 23.2 Å². The van der Waals surface area contributed by atoms with Crippen molar-refractivity contribution < 1.29 is 9.21 Å². The largest absolute Gasteiger partial charge is 0.463 e. The molecule has 26 heavy (non-hydrogen) atoms. The summed E-state index contributed by atoms with van der Waals surface area (Å²) < 4.78 is 5.30. The molecular formula is C19H19ClN4O2. The minimum Gasteiger partial charge on any atom is -0.463 e. The van der Waals surface area contributed by atoms with Crippen LogP contribution in [0.3, 0.4) is 0 Å². The first-order valence-corrected chi connectivity index (χ1v) is 8.95. The molecule has 0 spiro atoms. The van der Waals surface area contributed by atoms with Gasteiger partial charge in [0.25, 0.3) is 5.91 Å². The molecule has 1 aliphatic heterocycles. The van der Waals surface area contributed by atoms with Gasteiger partial charge >= 0.3 is 0 Å². The van der Waals surface area contributed by atoms with Crippen molar-refractivity contribution in [3.63, 3.8) is 0 Å². The molecule has 3 heterocycles. The number of aromatic amines is 1. The lowest BCUT2D eigenvalue weighted by molar-refractivity contribution is 0.0943. The lowest BCUT2D eigenvalue weighted by Gasteiger charge is -2.18. The van der Waals surface area contributed by atoms with E-state index >= 15 is 0 Å². The van der Waals surface area contributed by atoms with Gasteiger partial charge in [-0.25, -0.2) is 0 Å². The summed E-state index contributed by atoms with van der Waals surface area (Å²) in [6.45, 7) is 2.53. The van der Waals surface area contributed by atoms with Crippen molar-refractivity contribution in [3.05, 3.63) is 59.4 Å². The highest BCUT2D eigenvalue weighted by Gasteiger charge is 2.23. The van der Waals surface area contributed by atoms with E-state index in [1.807, 2.05) is 30.3 Å². The minimum absolute atomic E-state index is 0.177. The van der Waals surface area contributed by atoms with Gasteiger partial charge in [0.05, 0.1) is 6.26 Å². The highest BCUT2D eigenvalue weighted by atomic mass is 35.5. The van der Waals surface area contributed by atoms with Crippen LogP contribution >= 0.6 is 11.6 Å². The van der Waals surface area contributed by atoms with Crippen molar-refractivity contribution in [2.45, 2.75) is 6.42 Å². The molecule has 1 fully saturated rings. The van der Waals surface area contributed by atoms with Crippen LogP contribution in [0.5, 0.6) is 0 Å². The van der Waals surface area contributed by atoms with Gasteiger partial charge < -0.3 is 14.6 Å². The second-order valence-electron chi connectivity index (χ2n) is 6.43. The first-order valence-electron chi connectivity index (χ1n) is 8.57. The van der Waals surface area contributed by atoms with E-state index in [1.165, 1.54) is 5.69 Å². The Labute approximate surface area is 156 Å². The van der Waals surface area contributed by atoms with Crippen LogP contribution in [0.25, 0.3) is 11.5 Å². The third-order valence-corrected chi connectivity index (χ3v) is 4.88. The zero-order valence-corrected chi connectivity index (χ0v) is 14.9. The number of nitrogens with one attached hydrogen (secondary N) is 2. The zero-order valence-electron chi connectivity index (χ0n) is 14.1. The zero-order chi connectivity index (χ0) is 17.9. The highest BCUT2D eigenvalue weighted by Crippen LogP contribution is 2.25. The number of halogens is 1. The van der Waals surface area contributed by atoms with E-state index in [0.717, 1.165) is 24.5 Å². The molecule has 1 atom stereocenters. The Morgan fingerprint density at radius 2 is 2.19 bits per heavy atom. The van der Waals surface area contributed by atoms with Crippen LogP contribution in [-0.4, -0.2) is 35.7 Å². The summed E-state index contributed by atoms with van der Waals surface area (Å²) in [6.07, 6.45) is 2.63. The highest BCUT2D eigenvalue weighted by molar-refractivity contribution is 6.30. The van der Waals surface area contributed by atoms with E-state index in [9.17, 15) is 4.79 Å². The molecule has 134 valence electrons. The Balaban J connectivity index is 1.30. The second kappa shape index (κ2) is 7.25. The van der Waals surface area contributed by atoms with E-state index < -0.39 is 0 Å². The second-order valence-corrected chi connectivity index (χ2v) is 6.87. The summed E-state index contributed by atoms with van der Waals surface area (Å²) >= 11 is 5.94. The van der Waals surface area contributed by atoms with Gasteiger partial charge in [0.2, 0.25) is 0 Å². The lowest BCUT2D eigenvalue weighted by atomic mass is 10.1. The molecule has 2 N–H and O–H groups in total. The number of anilines is 1. The van der Waals surface area contributed by atoms with Crippen molar-refractivity contribution in [1.82, 2.24) is 15.5 Å². The van der Waals surface area contributed by atoms with Gasteiger partial charge in [-0.05, 0) is 48.7 Å². The predicted octanol–water partition coefficient (Wildman–Crippen LogP) is 3.58. The average molecular weight is 371 g/mol. The van der Waals surface area contributed by atoms with E-state index in [1.54, 1.807) is 18.4 Å². The van der Waals surface area contributed by atoms with Crippen LogP contribution in [0.2, 0.25) is 5.02 Å². The Kier molecular flexibility index (Phi) is 4.67. The number of rotatable bonds is 5. The number of H-pyrrole nitrogens is 1. The number of hydrogen-bond acceptors (Lipinski definition) is 4. The van der Waals surface area contributed by atoms with Gasteiger partial charge in [-0.1, -0.05) is 11.6 Å². The molecule has 0 bridgehead atoms. The summed E-state index contributed by atoms with van der Waals surface area (Å²) in [6, 6.07) is 13.2. The fourth-order valence-corrected chi connectivity index (χ4v) is 3.34. The number of carbonyl (C=O) groups excluding carboxylic acids is 1. The SMILES string of the molecule is O=C(NCC1CCN(c2ccc(Cl)cc2)C1)c1cc(-c2ccco2)[nH]n1. The van der Waals surface area contributed by atoms with Gasteiger partial charge in [0.15, 0.2) is 11.5 Å². The van der Waals surface area contributed by atoms with Gasteiger partial charge in [-0.15, -0.1) is 0 Å². The molecule has 1 unspecified atom stereocenters. The maximum atomic E-state index is 12.3. The summed E-state index contributed by atoms with van der Waals surface area (Å²) in [5, 5.41) is 10.6. The molecule has 0 radical (unpaired) electrons. The number of amides is 1. The van der Waals surface area contributed by atoms with Crippen LogP contribution in [-0.2, 0) is 0 Å². The summed E-state index contributed by atoms with van der Waals surface area (Å²) in [5.41, 5.74) is 2.22. The molecule has 1 amide bonds. The fraction of sp³-hybridized carbons (Fsp3) is 0.263. The Morgan fingerprint density at radius 1 is 1.35 bits per heavy atom. The smallest absolute Gasteiger partial charge is 0.271 e. The van der Waals surface area contributed by atoms with E-state index in [2.05, 4.69) is 20.4 Å². The maximum Gasteiger partial charge on any atom is 0.271 e. The van der Waals surface area contributed by atoms with Crippen molar-refractivity contribution in [1.29, 1.82) is 0 Å². The number of carbonyl (C=O) groups is 1. The average Bonchev–Trinajstić information content (AvgIpc) is 3.41. The van der Waals surface area contributed by atoms with Crippen molar-refractivity contribution in [2.75, 3.05) is 24.5 Å². The molecule has 4 rings (SSSR count). The fourth-order valence-electron chi connectivity index (χ4n) is 3.21. The van der Waals surface area contributed by atoms with Crippen LogP contribution in [0, 0.1) is 5.92 Å². The molecule has 1 aliphatic rings. The maximum absolute atomic E-state index is 12.3. The predicted molar refractivity (Wildman–Crippen MR) is 100 cm³/mol. The number of nitrogens with zero attached hydrogens (tertiary/aromatic N) is 2. The lowest BCUT2D eigenvalue weighted by Crippen LogP contribution is -2.31. The van der Waals surface area contributed by atoms with Crippen LogP contribution in [0.1, 0.15) is 16.9 Å². The van der Waals surface area contributed by atoms with Crippen LogP contribution < -0.4 is 10.2 Å². The molecule has 1 saturated heterocycles. The summed E-state index contributed by atoms with van der Waals surface area (Å²) in [4.78, 5) is 14.6. The molecule has 1 aromatic carbocycles. The van der Waals surface area contributed by atoms with E-state index in [-0.39, 0.29) is 5.91 Å². The number of benzene rings is 1. The topological polar surface area (TPSA) is 74.2 Å². The number of aromatic nitrogens is 2. The van der Waals surface area contributed by atoms with Gasteiger partial charge in [-0.3, -0.25) is 9.89 Å². The van der Waals surface area contributed by atoms with Gasteiger partial charge in [-0.2, -0.15) is 5.10 Å². The molecule has 6 nitrogen and oxygen atoms in total. The monoisotopic (exact) mass is 370 g/mol. The molecule has 0 aliphatic carbocycles. The Hall–Kier alpha value is -2.73. The van der Waals surface area contributed by atoms with Crippen LogP contribution in [0.15, 0.2) is 53.1 Å². The first kappa shape index (κ1) is 16.7. The molecule has 3 aromatic rings. The standard InChI is InChI=1S/C19H19ClN4O2/c20-14-3-5-15(6-4-14)24-8-7-13(12-24)11-21-19(25)17-10-16(22-23-17)18-2-1-9-26-18/h1-6,9-10,13H,7-8,11-12H2,(H,21,25)(H,22,23). The van der Waals surface area contributed by atoms with Gasteiger partial charge in [0.1, 0.15) is 5.69 Å². The van der Waals surface area contributed by atoms with Gasteiger partial charge in [0, 0.05) is 36.4 Å². The van der Waals surface area contributed by atoms with Crippen molar-refractivity contribution in [2.24, 2.45) is 5.92 Å². The normalized spacial score (nSPS) is 16.8. The third kappa shape index (κ3) is 3.60. The van der Waals surface area contributed by atoms with Crippen molar-refractivity contribution in [3.8, 4) is 11.5 Å². The minimum atomic E-state index is -0.177. The number of furan rings is 1. The molecule has 2 aromatic heterocycles. The Morgan fingerprint density at radius 3 is 2.96 bits per heavy atom. The number of hydrogen-bond donors (Lipinski definition) is 2. The summed E-state index contributed by atoms with van der Waals surface area (Å²) in [5.74, 6) is 0.896. The summed E-state index contributed by atoms with van der Waals surface area (Å²) in [7, 11) is 0. The molecule has 7 heteroatoms. The van der Waals surface area contributed by atoms with E-state index in [4.69, 9.17) is 16.0 Å². The van der Waals surface area contributed by atoms with Crippen LogP contribution in [0.4, 0.5) is 5.69 Å². The molecule has 0 saturated carbocycles. The Bertz CT molecular complexity index is 873. The van der Waals surface area contributed by atoms with E-state index in [0.29, 0.717) is 29.6 Å². The quantitative estimate of drug-likeness (QED) is 0.720. The third-order valence-electron chi connectivity index (χ3n) is 4.63. The first-order chi connectivity index (χ1) is 12.7. The molecular weight excluding hydrogens is 352 g/mol.